The van der Waals surface area contributed by atoms with E-state index in [1.54, 1.807) is 0 Å². The van der Waals surface area contributed by atoms with Crippen LogP contribution in [0, 0.1) is 0 Å². The van der Waals surface area contributed by atoms with E-state index in [-0.39, 0.29) is 0 Å². The van der Waals surface area contributed by atoms with Gasteiger partial charge in [-0.15, -0.1) is 0 Å². The number of hydrogen-bond acceptors (Lipinski definition) is 1. The average molecular weight is 280 g/mol. The van der Waals surface area contributed by atoms with E-state index in [1.165, 1.54) is 0 Å². The van der Waals surface area contributed by atoms with E-state index in [1.807, 2.05) is 0 Å². The molecule has 0 saturated heterocycles. The van der Waals surface area contributed by atoms with E-state index in [9.17, 15) is 43.9 Å². The van der Waals surface area contributed by atoms with Crippen molar-refractivity contribution in [3.8, 4) is 0 Å². The normalized spacial score (nSPS) is 13.5. The molecule has 0 atom stereocenters. The quantitative estimate of drug-likeness (QED) is 0.548. The maximum absolute atomic E-state index is 12.3. The van der Waals surface area contributed by atoms with Gasteiger partial charge in [-0.1, -0.05) is 0 Å². The highest BCUT2D eigenvalue weighted by atomic mass is 19.4. The van der Waals surface area contributed by atoms with E-state index in [0.717, 1.165) is 0 Å². The molecule has 0 fully saturated rings. The second kappa shape index (κ2) is 4.61. The van der Waals surface area contributed by atoms with Crippen LogP contribution in [0.3, 0.4) is 0 Å². The third-order valence-electron chi connectivity index (χ3n) is 1.36. The number of hydrogen-bond donors (Lipinski definition) is 0. The van der Waals surface area contributed by atoms with Crippen LogP contribution in [-0.4, -0.2) is 24.6 Å². The minimum absolute atomic E-state index is 2.09. The van der Waals surface area contributed by atoms with Crippen molar-refractivity contribution in [3.05, 3.63) is 12.1 Å². The highest BCUT2D eigenvalue weighted by Crippen LogP contribution is 2.47. The van der Waals surface area contributed by atoms with Gasteiger partial charge in [-0.25, -0.2) is 4.39 Å². The first-order valence-corrected chi connectivity index (χ1v) is 3.48. The molecule has 0 aromatic heterocycles. The Labute approximate surface area is 86.6 Å². The predicted molar refractivity (Wildman–Crippen MR) is 32.3 cm³/mol. The Bertz CT molecular complexity index is 304. The van der Waals surface area contributed by atoms with E-state index in [4.69, 9.17) is 0 Å². The third kappa shape index (κ3) is 2.94. The second-order valence-electron chi connectivity index (χ2n) is 2.57. The maximum atomic E-state index is 12.3. The number of ether oxygens (including phenoxy) is 1. The molecule has 0 N–H and O–H groups in total. The summed E-state index contributed by atoms with van der Waals surface area (Å²) in [6, 6.07) is -3.47. The van der Waals surface area contributed by atoms with Crippen LogP contribution >= 0.6 is 0 Å². The van der Waals surface area contributed by atoms with Gasteiger partial charge in [0.2, 0.25) is 0 Å². The molecule has 0 aliphatic rings. The van der Waals surface area contributed by atoms with Gasteiger partial charge in [-0.2, -0.15) is 39.5 Å². The Morgan fingerprint density at radius 2 is 1.29 bits per heavy atom. The summed E-state index contributed by atoms with van der Waals surface area (Å²) in [5.41, 5.74) is 0. The van der Waals surface area contributed by atoms with Gasteiger partial charge >= 0.3 is 30.0 Å². The van der Waals surface area contributed by atoms with Crippen LogP contribution in [0.25, 0.3) is 0 Å². The van der Waals surface area contributed by atoms with Crippen molar-refractivity contribution in [1.82, 2.24) is 0 Å². The Hall–Kier alpha value is -1.16. The van der Waals surface area contributed by atoms with Gasteiger partial charge in [-0.3, -0.25) is 0 Å². The molecule has 0 aliphatic heterocycles. The minimum Gasteiger partial charge on any atom is -0.397 e. The third-order valence-corrected chi connectivity index (χ3v) is 1.36. The molecule has 17 heavy (non-hydrogen) atoms. The molecule has 0 amide bonds. The summed E-state index contributed by atoms with van der Waals surface area (Å²) in [5.74, 6) is -12.4. The molecule has 11 heteroatoms. The lowest BCUT2D eigenvalue weighted by atomic mass is 10.2. The molecular weight excluding hydrogens is 278 g/mol. The molecule has 102 valence electrons. The van der Waals surface area contributed by atoms with Crippen molar-refractivity contribution in [1.29, 1.82) is 0 Å². The van der Waals surface area contributed by atoms with Crippen molar-refractivity contribution in [2.45, 2.75) is 18.0 Å². The van der Waals surface area contributed by atoms with Crippen molar-refractivity contribution in [2.24, 2.45) is 0 Å². The SMILES string of the molecule is FCC(F)(F)C(F)(F)C(F)(F)OC(F)=C(F)F. The van der Waals surface area contributed by atoms with E-state index in [0.29, 0.717) is 0 Å². The topological polar surface area (TPSA) is 9.23 Å². The summed E-state index contributed by atoms with van der Waals surface area (Å²) in [7, 11) is 0. The monoisotopic (exact) mass is 280 g/mol. The molecule has 0 rings (SSSR count). The van der Waals surface area contributed by atoms with Crippen LogP contribution in [-0.2, 0) is 4.74 Å². The van der Waals surface area contributed by atoms with Gasteiger partial charge < -0.3 is 4.74 Å². The van der Waals surface area contributed by atoms with E-state index >= 15 is 0 Å². The number of rotatable bonds is 5. The highest BCUT2D eigenvalue weighted by Gasteiger charge is 2.74. The molecular formula is C6H2F10O. The fourth-order valence-electron chi connectivity index (χ4n) is 0.512. The first kappa shape index (κ1) is 15.8. The number of alkyl halides is 7. The summed E-state index contributed by atoms with van der Waals surface area (Å²) >= 11 is 0. The van der Waals surface area contributed by atoms with E-state index < -0.39 is 36.7 Å². The molecule has 0 spiro atoms. The molecule has 0 bridgehead atoms. The van der Waals surface area contributed by atoms with Gasteiger partial charge in [0.1, 0.15) is 0 Å². The van der Waals surface area contributed by atoms with Crippen LogP contribution in [0.1, 0.15) is 0 Å². The van der Waals surface area contributed by atoms with Gasteiger partial charge in [-0.05, 0) is 0 Å². The fraction of sp³-hybridized carbons (Fsp3) is 0.667. The van der Waals surface area contributed by atoms with Crippen molar-refractivity contribution < 1.29 is 48.6 Å². The van der Waals surface area contributed by atoms with E-state index in [2.05, 4.69) is 4.74 Å². The largest absolute Gasteiger partial charge is 0.472 e. The molecule has 0 aromatic rings. The molecule has 1 nitrogen and oxygen atoms in total. The zero-order valence-electron chi connectivity index (χ0n) is 7.39. The van der Waals surface area contributed by atoms with Crippen LogP contribution < -0.4 is 0 Å². The maximum Gasteiger partial charge on any atom is 0.472 e. The summed E-state index contributed by atoms with van der Waals surface area (Å²) in [5, 5.41) is 0. The van der Waals surface area contributed by atoms with Crippen molar-refractivity contribution >= 4 is 0 Å². The standard InChI is InChI=1S/C6H2F10O/c7-1-4(11,12)5(13,14)6(15,16)17-3(10)2(8)9/h1H2. The minimum atomic E-state index is -6.51. The Morgan fingerprint density at radius 1 is 0.882 bits per heavy atom. The van der Waals surface area contributed by atoms with Gasteiger partial charge in [0, 0.05) is 0 Å². The number of halogens is 10. The second-order valence-corrected chi connectivity index (χ2v) is 2.57. The van der Waals surface area contributed by atoms with Crippen molar-refractivity contribution in [2.75, 3.05) is 6.67 Å². The predicted octanol–water partition coefficient (Wildman–Crippen LogP) is 3.87. The van der Waals surface area contributed by atoms with Gasteiger partial charge in [0.05, 0.1) is 0 Å². The lowest BCUT2D eigenvalue weighted by molar-refractivity contribution is -0.394. The molecule has 0 unspecified atom stereocenters. The summed E-state index contributed by atoms with van der Waals surface area (Å²) < 4.78 is 121. The van der Waals surface area contributed by atoms with Crippen LogP contribution in [0.15, 0.2) is 12.1 Å². The fourth-order valence-corrected chi connectivity index (χ4v) is 0.512. The lowest BCUT2D eigenvalue weighted by Gasteiger charge is -2.29. The summed E-state index contributed by atoms with van der Waals surface area (Å²) in [6.45, 7) is -3.22. The zero-order valence-corrected chi connectivity index (χ0v) is 7.39. The zero-order chi connectivity index (χ0) is 14.1. The van der Waals surface area contributed by atoms with Gasteiger partial charge in [0.25, 0.3) is 0 Å². The lowest BCUT2D eigenvalue weighted by Crippen LogP contribution is -2.56. The summed E-state index contributed by atoms with van der Waals surface area (Å²) in [4.78, 5) is 0. The van der Waals surface area contributed by atoms with Gasteiger partial charge in [0.15, 0.2) is 6.67 Å². The molecule has 0 heterocycles. The van der Waals surface area contributed by atoms with Crippen LogP contribution in [0.4, 0.5) is 43.9 Å². The van der Waals surface area contributed by atoms with Crippen LogP contribution in [0.2, 0.25) is 0 Å². The molecule has 0 radical (unpaired) electrons. The average Bonchev–Trinajstić information content (AvgIpc) is 2.16. The van der Waals surface area contributed by atoms with Crippen LogP contribution in [0.5, 0.6) is 0 Å². The first-order chi connectivity index (χ1) is 7.39. The Balaban J connectivity index is 5.25. The smallest absolute Gasteiger partial charge is 0.397 e. The highest BCUT2D eigenvalue weighted by molar-refractivity contribution is 4.94. The molecule has 0 aromatic carbocycles. The summed E-state index contributed by atoms with van der Waals surface area (Å²) in [6.07, 6.45) is -9.92. The molecule has 0 aliphatic carbocycles. The van der Waals surface area contributed by atoms with Crippen molar-refractivity contribution in [3.63, 3.8) is 0 Å². The first-order valence-electron chi connectivity index (χ1n) is 3.48. The Kier molecular flexibility index (Phi) is 4.29. The Morgan fingerprint density at radius 3 is 1.59 bits per heavy atom. The molecule has 0 saturated carbocycles.